The number of piperidine rings is 1. The van der Waals surface area contributed by atoms with Gasteiger partial charge in [-0.2, -0.15) is 10.4 Å². The Hall–Kier alpha value is -3.18. The second-order valence-corrected chi connectivity index (χ2v) is 9.58. The first-order valence-corrected chi connectivity index (χ1v) is 11.6. The Balaban J connectivity index is 1.22. The summed E-state index contributed by atoms with van der Waals surface area (Å²) in [6, 6.07) is 12.7. The molecule has 1 saturated carbocycles. The predicted octanol–water partition coefficient (Wildman–Crippen LogP) is 4.11. The van der Waals surface area contributed by atoms with Crippen LogP contribution in [0, 0.1) is 24.2 Å². The third-order valence-corrected chi connectivity index (χ3v) is 7.41. The molecule has 3 aromatic rings. The minimum Gasteiger partial charge on any atom is -0.367 e. The zero-order chi connectivity index (χ0) is 21.7. The van der Waals surface area contributed by atoms with E-state index in [4.69, 9.17) is 10.2 Å². The molecule has 6 rings (SSSR count). The van der Waals surface area contributed by atoms with Crippen LogP contribution in [0.3, 0.4) is 0 Å². The highest BCUT2D eigenvalue weighted by Crippen LogP contribution is 2.44. The summed E-state index contributed by atoms with van der Waals surface area (Å²) >= 11 is 0. The number of aromatic amines is 1. The van der Waals surface area contributed by atoms with Crippen LogP contribution in [0.2, 0.25) is 0 Å². The highest BCUT2D eigenvalue weighted by atomic mass is 15.3. The van der Waals surface area contributed by atoms with Crippen LogP contribution in [-0.2, 0) is 0 Å². The molecule has 0 amide bonds. The van der Waals surface area contributed by atoms with Crippen molar-refractivity contribution in [2.24, 2.45) is 5.92 Å². The van der Waals surface area contributed by atoms with Crippen molar-refractivity contribution in [1.29, 1.82) is 5.26 Å². The van der Waals surface area contributed by atoms with Gasteiger partial charge in [0.05, 0.1) is 11.6 Å². The van der Waals surface area contributed by atoms with Crippen LogP contribution < -0.4 is 10.6 Å². The van der Waals surface area contributed by atoms with E-state index in [9.17, 15) is 0 Å². The normalized spacial score (nSPS) is 29.4. The molecule has 0 spiro atoms. The van der Waals surface area contributed by atoms with Crippen molar-refractivity contribution in [2.45, 2.75) is 69.6 Å². The van der Waals surface area contributed by atoms with E-state index in [1.807, 2.05) is 31.3 Å². The molecule has 0 aromatic carbocycles. The first-order valence-electron chi connectivity index (χ1n) is 11.6. The molecule has 3 fully saturated rings. The van der Waals surface area contributed by atoms with Gasteiger partial charge in [0.2, 0.25) is 0 Å². The van der Waals surface area contributed by atoms with Gasteiger partial charge in [0.1, 0.15) is 11.6 Å². The average Bonchev–Trinajstić information content (AvgIpc) is 3.27. The molecule has 2 bridgehead atoms. The molecule has 32 heavy (non-hydrogen) atoms. The fourth-order valence-corrected chi connectivity index (χ4v) is 5.92. The van der Waals surface area contributed by atoms with E-state index in [2.05, 4.69) is 42.9 Å². The van der Waals surface area contributed by atoms with Crippen molar-refractivity contribution in [3.63, 3.8) is 0 Å². The van der Waals surface area contributed by atoms with E-state index in [0.717, 1.165) is 59.7 Å². The molecule has 8 heteroatoms. The Morgan fingerprint density at radius 3 is 2.62 bits per heavy atom. The number of nitrogens with one attached hydrogen (secondary N) is 3. The van der Waals surface area contributed by atoms with E-state index in [-0.39, 0.29) is 5.92 Å². The number of hydrogen-bond acceptors (Lipinski definition) is 7. The molecule has 2 unspecified atom stereocenters. The number of rotatable bonds is 5. The van der Waals surface area contributed by atoms with Gasteiger partial charge in [0.25, 0.3) is 0 Å². The summed E-state index contributed by atoms with van der Waals surface area (Å²) in [4.78, 5) is 12.2. The molecule has 3 aliphatic rings. The Kier molecular flexibility index (Phi) is 4.72. The summed E-state index contributed by atoms with van der Waals surface area (Å²) in [6.07, 6.45) is 8.73. The molecule has 2 atom stereocenters. The number of nitriles is 1. The number of H-pyrrole nitrogens is 1. The van der Waals surface area contributed by atoms with E-state index in [0.29, 0.717) is 24.2 Å². The summed E-state index contributed by atoms with van der Waals surface area (Å²) in [5, 5.41) is 24.5. The fourth-order valence-electron chi connectivity index (χ4n) is 5.92. The maximum Gasteiger partial charge on any atom is 0.153 e. The van der Waals surface area contributed by atoms with Crippen LogP contribution in [0.1, 0.15) is 44.2 Å². The van der Waals surface area contributed by atoms with Gasteiger partial charge in [-0.3, -0.25) is 15.0 Å². The maximum atomic E-state index is 9.16. The lowest BCUT2D eigenvalue weighted by molar-refractivity contribution is 0.0245. The van der Waals surface area contributed by atoms with Crippen molar-refractivity contribution >= 4 is 28.4 Å². The maximum absolute atomic E-state index is 9.16. The Bertz CT molecular complexity index is 1160. The third-order valence-electron chi connectivity index (χ3n) is 7.41. The molecule has 2 saturated heterocycles. The van der Waals surface area contributed by atoms with Crippen molar-refractivity contribution in [2.75, 3.05) is 10.6 Å². The number of fused-ring (bicyclic) bond motifs is 3. The van der Waals surface area contributed by atoms with Crippen molar-refractivity contribution in [3.8, 4) is 6.07 Å². The molecule has 8 nitrogen and oxygen atoms in total. The number of hydrogen-bond donors (Lipinski definition) is 3. The lowest BCUT2D eigenvalue weighted by Gasteiger charge is -2.48. The van der Waals surface area contributed by atoms with Gasteiger partial charge in [-0.25, -0.2) is 4.98 Å². The SMILES string of the molecule is Cc1cc(Nc2cc3ncccc3c(NC3CC4CCC(C3)N4C3CC(C#N)C3)n2)n[nH]1. The minimum absolute atomic E-state index is 0.270. The monoisotopic (exact) mass is 428 g/mol. The minimum atomic E-state index is 0.270. The van der Waals surface area contributed by atoms with Gasteiger partial charge in [0.15, 0.2) is 5.82 Å². The lowest BCUT2D eigenvalue weighted by atomic mass is 9.78. The number of aryl methyl sites for hydroxylation is 1. The van der Waals surface area contributed by atoms with Crippen molar-refractivity contribution in [3.05, 3.63) is 36.2 Å². The molecule has 2 aliphatic heterocycles. The molecule has 0 radical (unpaired) electrons. The molecular weight excluding hydrogens is 400 g/mol. The van der Waals surface area contributed by atoms with Gasteiger partial charge >= 0.3 is 0 Å². The zero-order valence-corrected chi connectivity index (χ0v) is 18.3. The van der Waals surface area contributed by atoms with Gasteiger partial charge in [-0.1, -0.05) is 0 Å². The third kappa shape index (κ3) is 3.47. The predicted molar refractivity (Wildman–Crippen MR) is 124 cm³/mol. The fraction of sp³-hybridized carbons (Fsp3) is 0.500. The van der Waals surface area contributed by atoms with E-state index < -0.39 is 0 Å². The number of pyridine rings is 2. The molecule has 3 N–H and O–H groups in total. The lowest BCUT2D eigenvalue weighted by Crippen LogP contribution is -2.55. The number of nitrogens with zero attached hydrogens (tertiary/aromatic N) is 5. The van der Waals surface area contributed by atoms with Crippen LogP contribution in [0.25, 0.3) is 10.9 Å². The van der Waals surface area contributed by atoms with Crippen LogP contribution in [-0.4, -0.2) is 49.2 Å². The van der Waals surface area contributed by atoms with Crippen LogP contribution in [0.15, 0.2) is 30.5 Å². The highest BCUT2D eigenvalue weighted by molar-refractivity contribution is 5.91. The van der Waals surface area contributed by atoms with Crippen molar-refractivity contribution in [1.82, 2.24) is 25.1 Å². The van der Waals surface area contributed by atoms with Crippen LogP contribution in [0.5, 0.6) is 0 Å². The standard InChI is InChI=1S/C24H28N8/c1-14-7-23(31-30-14)28-22-12-21-20(3-2-6-26-21)24(29-22)27-16-10-17-4-5-18(11-16)32(17)19-8-15(9-19)13-25/h2-3,6-7,12,15-19H,4-5,8-11H2,1H3,(H3,27,28,29,30,31). The Morgan fingerprint density at radius 1 is 1.09 bits per heavy atom. The van der Waals surface area contributed by atoms with Crippen LogP contribution in [0.4, 0.5) is 17.5 Å². The molecule has 5 heterocycles. The highest BCUT2D eigenvalue weighted by Gasteiger charge is 2.47. The van der Waals surface area contributed by atoms with E-state index >= 15 is 0 Å². The van der Waals surface area contributed by atoms with E-state index in [1.54, 1.807) is 0 Å². The largest absolute Gasteiger partial charge is 0.367 e. The Morgan fingerprint density at radius 2 is 1.91 bits per heavy atom. The van der Waals surface area contributed by atoms with E-state index in [1.165, 1.54) is 12.8 Å². The summed E-state index contributed by atoms with van der Waals surface area (Å²) < 4.78 is 0. The average molecular weight is 429 g/mol. The van der Waals surface area contributed by atoms with Gasteiger partial charge < -0.3 is 10.6 Å². The zero-order valence-electron chi connectivity index (χ0n) is 18.3. The van der Waals surface area contributed by atoms with Gasteiger partial charge in [-0.05, 0) is 57.6 Å². The van der Waals surface area contributed by atoms with Crippen molar-refractivity contribution < 1.29 is 0 Å². The molecule has 3 aromatic heterocycles. The van der Waals surface area contributed by atoms with Gasteiger partial charge in [0, 0.05) is 59.5 Å². The summed E-state index contributed by atoms with van der Waals surface area (Å²) in [5.74, 6) is 2.64. The summed E-state index contributed by atoms with van der Waals surface area (Å²) in [5.41, 5.74) is 1.91. The van der Waals surface area contributed by atoms with Crippen LogP contribution >= 0.6 is 0 Å². The quantitative estimate of drug-likeness (QED) is 0.561. The Labute approximate surface area is 187 Å². The molecule has 1 aliphatic carbocycles. The van der Waals surface area contributed by atoms with Gasteiger partial charge in [-0.15, -0.1) is 0 Å². The topological polar surface area (TPSA) is 106 Å². The number of anilines is 3. The first-order chi connectivity index (χ1) is 15.7. The number of aromatic nitrogens is 4. The second kappa shape index (κ2) is 7.75. The second-order valence-electron chi connectivity index (χ2n) is 9.58. The molecular formula is C24H28N8. The smallest absolute Gasteiger partial charge is 0.153 e. The summed E-state index contributed by atoms with van der Waals surface area (Å²) in [6.45, 7) is 1.98. The molecule has 164 valence electrons. The first kappa shape index (κ1) is 19.5. The summed E-state index contributed by atoms with van der Waals surface area (Å²) in [7, 11) is 0.